The molecule has 3 aromatic rings. The number of anilines is 1. The molecule has 0 atom stereocenters. The van der Waals surface area contributed by atoms with Gasteiger partial charge in [-0.15, -0.1) is 0 Å². The van der Waals surface area contributed by atoms with Gasteiger partial charge in [-0.2, -0.15) is 0 Å². The highest BCUT2D eigenvalue weighted by Crippen LogP contribution is 2.20. The van der Waals surface area contributed by atoms with E-state index < -0.39 is 0 Å². The van der Waals surface area contributed by atoms with Gasteiger partial charge in [0.25, 0.3) is 5.91 Å². The summed E-state index contributed by atoms with van der Waals surface area (Å²) in [6.07, 6.45) is 1.25. The minimum absolute atomic E-state index is 0.0676. The SMILES string of the molecule is CC.CCC.CCN(CC)CCNC(=O)c1ccc(C)c(C#Cc2cc(NC)nc3ccccc23)c1. The van der Waals surface area contributed by atoms with Crippen LogP contribution in [0.25, 0.3) is 10.9 Å². The molecule has 5 heteroatoms. The molecule has 36 heavy (non-hydrogen) atoms. The molecule has 3 rings (SSSR count). The first-order valence-corrected chi connectivity index (χ1v) is 13.2. The monoisotopic (exact) mass is 488 g/mol. The highest BCUT2D eigenvalue weighted by atomic mass is 16.1. The number of hydrogen-bond acceptors (Lipinski definition) is 4. The lowest BCUT2D eigenvalue weighted by Gasteiger charge is -2.18. The second-order valence-electron chi connectivity index (χ2n) is 8.09. The van der Waals surface area contributed by atoms with Gasteiger partial charge in [0.1, 0.15) is 5.82 Å². The number of aromatic nitrogens is 1. The van der Waals surface area contributed by atoms with Crippen molar-refractivity contribution in [3.63, 3.8) is 0 Å². The van der Waals surface area contributed by atoms with Gasteiger partial charge in [0.2, 0.25) is 0 Å². The minimum atomic E-state index is -0.0676. The van der Waals surface area contributed by atoms with E-state index in [0.29, 0.717) is 12.1 Å². The summed E-state index contributed by atoms with van der Waals surface area (Å²) < 4.78 is 0. The predicted molar refractivity (Wildman–Crippen MR) is 156 cm³/mol. The largest absolute Gasteiger partial charge is 0.373 e. The maximum absolute atomic E-state index is 12.6. The zero-order chi connectivity index (χ0) is 26.9. The van der Waals surface area contributed by atoms with E-state index in [1.54, 1.807) is 0 Å². The van der Waals surface area contributed by atoms with E-state index >= 15 is 0 Å². The highest BCUT2D eigenvalue weighted by molar-refractivity contribution is 5.94. The van der Waals surface area contributed by atoms with Gasteiger partial charge in [-0.05, 0) is 49.8 Å². The normalized spacial score (nSPS) is 9.81. The lowest BCUT2D eigenvalue weighted by atomic mass is 10.0. The zero-order valence-corrected chi connectivity index (χ0v) is 23.5. The number of nitrogens with zero attached hydrogens (tertiary/aromatic N) is 2. The number of nitrogens with one attached hydrogen (secondary N) is 2. The highest BCUT2D eigenvalue weighted by Gasteiger charge is 2.08. The molecule has 5 nitrogen and oxygen atoms in total. The third-order valence-corrected chi connectivity index (χ3v) is 5.41. The van der Waals surface area contributed by atoms with Crippen molar-refractivity contribution in [2.24, 2.45) is 0 Å². The van der Waals surface area contributed by atoms with Gasteiger partial charge in [0.05, 0.1) is 5.52 Å². The molecular formula is C31H44N4O. The first-order chi connectivity index (χ1) is 17.5. The molecule has 0 fully saturated rings. The van der Waals surface area contributed by atoms with E-state index in [1.807, 2.05) is 76.3 Å². The Balaban J connectivity index is 0.00000120. The van der Waals surface area contributed by atoms with Crippen LogP contribution in [0.1, 0.15) is 75.0 Å². The Labute approximate surface area is 218 Å². The maximum atomic E-state index is 12.6. The van der Waals surface area contributed by atoms with Gasteiger partial charge in [0, 0.05) is 42.2 Å². The first kappa shape index (κ1) is 30.7. The Hall–Kier alpha value is -3.36. The van der Waals surface area contributed by atoms with Gasteiger partial charge in [0.15, 0.2) is 0 Å². The average molecular weight is 489 g/mol. The molecule has 0 bridgehead atoms. The number of amides is 1. The molecule has 2 N–H and O–H groups in total. The fourth-order valence-electron chi connectivity index (χ4n) is 3.41. The average Bonchev–Trinajstić information content (AvgIpc) is 2.91. The van der Waals surface area contributed by atoms with Crippen molar-refractivity contribution in [3.8, 4) is 11.8 Å². The summed E-state index contributed by atoms with van der Waals surface area (Å²) in [6, 6.07) is 15.6. The summed E-state index contributed by atoms with van der Waals surface area (Å²) in [5, 5.41) is 7.12. The second kappa shape index (κ2) is 17.1. The number of benzene rings is 2. The van der Waals surface area contributed by atoms with E-state index in [9.17, 15) is 4.79 Å². The smallest absolute Gasteiger partial charge is 0.251 e. The van der Waals surface area contributed by atoms with Crippen LogP contribution in [0.15, 0.2) is 48.5 Å². The van der Waals surface area contributed by atoms with Crippen molar-refractivity contribution in [1.29, 1.82) is 0 Å². The number of pyridine rings is 1. The molecule has 0 saturated heterocycles. The molecule has 0 aliphatic rings. The molecule has 0 saturated carbocycles. The summed E-state index contributed by atoms with van der Waals surface area (Å²) in [7, 11) is 1.85. The van der Waals surface area contributed by atoms with E-state index in [1.165, 1.54) is 6.42 Å². The van der Waals surface area contributed by atoms with Crippen molar-refractivity contribution < 1.29 is 4.79 Å². The van der Waals surface area contributed by atoms with Crippen LogP contribution in [0.3, 0.4) is 0 Å². The molecule has 2 aromatic carbocycles. The first-order valence-electron chi connectivity index (χ1n) is 13.2. The molecule has 0 aliphatic carbocycles. The summed E-state index contributed by atoms with van der Waals surface area (Å²) in [5.74, 6) is 7.27. The Morgan fingerprint density at radius 1 is 0.944 bits per heavy atom. The van der Waals surface area contributed by atoms with Crippen LogP contribution in [0.2, 0.25) is 0 Å². The molecular weight excluding hydrogens is 444 g/mol. The summed E-state index contributed by atoms with van der Waals surface area (Å²) in [4.78, 5) is 19.5. The quantitative estimate of drug-likeness (QED) is 0.373. The van der Waals surface area contributed by atoms with Crippen molar-refractivity contribution in [3.05, 3.63) is 70.8 Å². The van der Waals surface area contributed by atoms with E-state index in [4.69, 9.17) is 0 Å². The van der Waals surface area contributed by atoms with E-state index in [2.05, 4.69) is 60.1 Å². The van der Waals surface area contributed by atoms with Crippen LogP contribution in [0.4, 0.5) is 5.82 Å². The van der Waals surface area contributed by atoms with Crippen LogP contribution in [-0.2, 0) is 0 Å². The van der Waals surface area contributed by atoms with Crippen molar-refractivity contribution in [1.82, 2.24) is 15.2 Å². The van der Waals surface area contributed by atoms with Gasteiger partial charge in [-0.1, -0.05) is 84.1 Å². The number of likely N-dealkylation sites (N-methyl/N-ethyl adjacent to an activating group) is 1. The number of carbonyl (C=O) groups excluding carboxylic acids is 1. The maximum Gasteiger partial charge on any atom is 0.251 e. The van der Waals surface area contributed by atoms with Crippen molar-refractivity contribution in [2.45, 2.75) is 54.9 Å². The van der Waals surface area contributed by atoms with Crippen LogP contribution in [0, 0.1) is 18.8 Å². The number of aryl methyl sites for hydroxylation is 1. The summed E-state index contributed by atoms with van der Waals surface area (Å²) in [6.45, 7) is 18.0. The Morgan fingerprint density at radius 2 is 1.58 bits per heavy atom. The number of carbonyl (C=O) groups is 1. The lowest BCUT2D eigenvalue weighted by Crippen LogP contribution is -2.34. The topological polar surface area (TPSA) is 57.3 Å². The van der Waals surface area contributed by atoms with Crippen molar-refractivity contribution >= 4 is 22.6 Å². The molecule has 0 spiro atoms. The number of fused-ring (bicyclic) bond motifs is 1. The van der Waals surface area contributed by atoms with E-state index in [-0.39, 0.29) is 5.91 Å². The molecule has 0 aliphatic heterocycles. The zero-order valence-electron chi connectivity index (χ0n) is 23.5. The molecule has 0 radical (unpaired) electrons. The van der Waals surface area contributed by atoms with Gasteiger partial charge < -0.3 is 15.5 Å². The molecule has 0 unspecified atom stereocenters. The van der Waals surface area contributed by atoms with Gasteiger partial charge >= 0.3 is 0 Å². The summed E-state index contributed by atoms with van der Waals surface area (Å²) >= 11 is 0. The lowest BCUT2D eigenvalue weighted by molar-refractivity contribution is 0.0949. The number of hydrogen-bond donors (Lipinski definition) is 2. The Kier molecular flexibility index (Phi) is 14.6. The van der Waals surface area contributed by atoms with Crippen LogP contribution < -0.4 is 10.6 Å². The van der Waals surface area contributed by atoms with Crippen LogP contribution >= 0.6 is 0 Å². The summed E-state index contributed by atoms with van der Waals surface area (Å²) in [5.41, 5.74) is 4.33. The third kappa shape index (κ3) is 9.36. The van der Waals surface area contributed by atoms with Gasteiger partial charge in [-0.25, -0.2) is 4.98 Å². The molecule has 1 amide bonds. The standard InChI is InChI=1S/C26H30N4O.C3H8.C2H6/c1-5-30(6-2)16-15-28-26(31)22-12-11-19(3)20(17-22)13-14-21-18-25(27-4)29-24-10-8-7-9-23(21)24;1-3-2;1-2/h7-12,17-18H,5-6,15-16H2,1-4H3,(H,27,29)(H,28,31);3H2,1-2H3;1-2H3. The van der Waals surface area contributed by atoms with E-state index in [0.717, 1.165) is 53.0 Å². The van der Waals surface area contributed by atoms with Gasteiger partial charge in [-0.3, -0.25) is 4.79 Å². The number of rotatable bonds is 7. The fraction of sp³-hybridized carbons (Fsp3) is 0.419. The second-order valence-corrected chi connectivity index (χ2v) is 8.09. The number of para-hydroxylation sites is 1. The Bertz CT molecular complexity index is 1140. The molecule has 194 valence electrons. The molecule has 1 aromatic heterocycles. The third-order valence-electron chi connectivity index (χ3n) is 5.41. The van der Waals surface area contributed by atoms with Crippen LogP contribution in [0.5, 0.6) is 0 Å². The van der Waals surface area contributed by atoms with Crippen LogP contribution in [-0.4, -0.2) is 49.0 Å². The Morgan fingerprint density at radius 3 is 2.22 bits per heavy atom. The van der Waals surface area contributed by atoms with Crippen molar-refractivity contribution in [2.75, 3.05) is 38.5 Å². The fourth-order valence-corrected chi connectivity index (χ4v) is 3.41. The predicted octanol–water partition coefficient (Wildman–Crippen LogP) is 6.50. The molecule has 1 heterocycles. The minimum Gasteiger partial charge on any atom is -0.373 e.